The molecule has 0 bridgehead atoms. The number of halogens is 2. The van der Waals surface area contributed by atoms with Crippen molar-refractivity contribution in [1.82, 2.24) is 4.90 Å². The average molecular weight is 291 g/mol. The molecule has 0 unspecified atom stereocenters. The Morgan fingerprint density at radius 3 is 2.39 bits per heavy atom. The number of nitrogen functional groups attached to an aromatic ring is 1. The van der Waals surface area contributed by atoms with Crippen LogP contribution in [-0.2, 0) is 0 Å². The summed E-state index contributed by atoms with van der Waals surface area (Å²) in [5.41, 5.74) is 6.29. The maximum absolute atomic E-state index is 12.2. The summed E-state index contributed by atoms with van der Waals surface area (Å²) in [6.45, 7) is 2.96. The van der Waals surface area contributed by atoms with Crippen molar-refractivity contribution in [3.05, 3.63) is 27.7 Å². The minimum absolute atomic E-state index is 0.0486. The number of carbonyl (C=O) groups excluding carboxylic acids is 1. The molecule has 0 saturated carbocycles. The molecule has 0 heterocycles. The molecule has 18 heavy (non-hydrogen) atoms. The van der Waals surface area contributed by atoms with Gasteiger partial charge in [0.25, 0.3) is 5.91 Å². The number of nitrogens with zero attached hydrogens (tertiary/aromatic N) is 1. The molecule has 0 aliphatic heterocycles. The highest BCUT2D eigenvalue weighted by atomic mass is 35.5. The molecule has 3 N–H and O–H groups in total. The van der Waals surface area contributed by atoms with Crippen LogP contribution in [0.3, 0.4) is 0 Å². The fourth-order valence-corrected chi connectivity index (χ4v) is 2.04. The SMILES string of the molecule is CCN(CCCO)C(=O)c1cc(Cl)c(N)c(Cl)c1. The zero-order chi connectivity index (χ0) is 13.7. The molecule has 100 valence electrons. The lowest BCUT2D eigenvalue weighted by Crippen LogP contribution is -2.32. The van der Waals surface area contributed by atoms with E-state index in [0.717, 1.165) is 0 Å². The molecular formula is C12H16Cl2N2O2. The molecule has 1 aromatic rings. The second kappa shape index (κ2) is 6.83. The maximum Gasteiger partial charge on any atom is 0.253 e. The quantitative estimate of drug-likeness (QED) is 0.819. The molecule has 0 atom stereocenters. The van der Waals surface area contributed by atoms with Gasteiger partial charge in [-0.2, -0.15) is 0 Å². The van der Waals surface area contributed by atoms with Crippen molar-refractivity contribution in [3.63, 3.8) is 0 Å². The van der Waals surface area contributed by atoms with E-state index in [-0.39, 0.29) is 28.2 Å². The predicted molar refractivity (Wildman–Crippen MR) is 74.2 cm³/mol. The van der Waals surface area contributed by atoms with Gasteiger partial charge in [0, 0.05) is 25.3 Å². The Hall–Kier alpha value is -0.970. The Bertz CT molecular complexity index is 415. The van der Waals surface area contributed by atoms with Crippen LogP contribution >= 0.6 is 23.2 Å². The Kier molecular flexibility index (Phi) is 5.72. The van der Waals surface area contributed by atoms with Crippen LogP contribution in [0, 0.1) is 0 Å². The second-order valence-corrected chi connectivity index (χ2v) is 4.63. The van der Waals surface area contributed by atoms with E-state index < -0.39 is 0 Å². The van der Waals surface area contributed by atoms with Gasteiger partial charge in [-0.3, -0.25) is 4.79 Å². The Morgan fingerprint density at radius 1 is 1.39 bits per heavy atom. The topological polar surface area (TPSA) is 66.6 Å². The smallest absolute Gasteiger partial charge is 0.253 e. The number of carbonyl (C=O) groups is 1. The molecule has 1 aromatic carbocycles. The maximum atomic E-state index is 12.2. The van der Waals surface area contributed by atoms with Crippen LogP contribution in [0.15, 0.2) is 12.1 Å². The summed E-state index contributed by atoms with van der Waals surface area (Å²) in [5, 5.41) is 9.33. The summed E-state index contributed by atoms with van der Waals surface area (Å²) >= 11 is 11.8. The van der Waals surface area contributed by atoms with E-state index in [1.165, 1.54) is 12.1 Å². The molecule has 0 radical (unpaired) electrons. The highest BCUT2D eigenvalue weighted by Gasteiger charge is 2.16. The van der Waals surface area contributed by atoms with Crippen molar-refractivity contribution in [2.45, 2.75) is 13.3 Å². The van der Waals surface area contributed by atoms with E-state index in [2.05, 4.69) is 0 Å². The monoisotopic (exact) mass is 290 g/mol. The lowest BCUT2D eigenvalue weighted by Gasteiger charge is -2.21. The fourth-order valence-electron chi connectivity index (χ4n) is 1.56. The first-order chi connectivity index (χ1) is 8.51. The van der Waals surface area contributed by atoms with Gasteiger partial charge in [0.15, 0.2) is 0 Å². The third-order valence-corrected chi connectivity index (χ3v) is 3.21. The van der Waals surface area contributed by atoms with Gasteiger partial charge in [-0.05, 0) is 25.5 Å². The number of hydrogen-bond acceptors (Lipinski definition) is 3. The number of hydrogen-bond donors (Lipinski definition) is 2. The summed E-state index contributed by atoms with van der Waals surface area (Å²) in [6, 6.07) is 3.01. The molecule has 1 amide bonds. The molecule has 0 aliphatic carbocycles. The van der Waals surface area contributed by atoms with Gasteiger partial charge < -0.3 is 15.7 Å². The van der Waals surface area contributed by atoms with E-state index in [1.807, 2.05) is 6.92 Å². The Labute approximate surface area is 116 Å². The van der Waals surface area contributed by atoms with Crippen LogP contribution in [0.4, 0.5) is 5.69 Å². The fraction of sp³-hybridized carbons (Fsp3) is 0.417. The first-order valence-electron chi connectivity index (χ1n) is 5.65. The highest BCUT2D eigenvalue weighted by Crippen LogP contribution is 2.29. The van der Waals surface area contributed by atoms with E-state index in [0.29, 0.717) is 25.1 Å². The Balaban J connectivity index is 2.95. The molecule has 0 spiro atoms. The number of anilines is 1. The average Bonchev–Trinajstić information content (AvgIpc) is 2.36. The highest BCUT2D eigenvalue weighted by molar-refractivity contribution is 6.39. The number of benzene rings is 1. The van der Waals surface area contributed by atoms with Crippen molar-refractivity contribution in [2.24, 2.45) is 0 Å². The number of amides is 1. The molecule has 4 nitrogen and oxygen atoms in total. The zero-order valence-corrected chi connectivity index (χ0v) is 11.6. The summed E-state index contributed by atoms with van der Waals surface area (Å²) in [6.07, 6.45) is 0.538. The van der Waals surface area contributed by atoms with Crippen LogP contribution in [0.25, 0.3) is 0 Å². The first kappa shape index (κ1) is 15.1. The lowest BCUT2D eigenvalue weighted by atomic mass is 10.1. The van der Waals surface area contributed by atoms with Gasteiger partial charge in [0.1, 0.15) is 0 Å². The molecular weight excluding hydrogens is 275 g/mol. The van der Waals surface area contributed by atoms with E-state index in [1.54, 1.807) is 4.90 Å². The summed E-state index contributed by atoms with van der Waals surface area (Å²) in [4.78, 5) is 13.8. The molecule has 0 saturated heterocycles. The van der Waals surface area contributed by atoms with Crippen molar-refractivity contribution >= 4 is 34.8 Å². The first-order valence-corrected chi connectivity index (χ1v) is 6.41. The van der Waals surface area contributed by atoms with Gasteiger partial charge in [0.05, 0.1) is 15.7 Å². The summed E-state index contributed by atoms with van der Waals surface area (Å²) in [7, 11) is 0. The molecule has 6 heteroatoms. The predicted octanol–water partition coefficient (Wildman–Crippen LogP) is 2.42. The van der Waals surface area contributed by atoms with Gasteiger partial charge in [-0.1, -0.05) is 23.2 Å². The molecule has 0 aliphatic rings. The van der Waals surface area contributed by atoms with Crippen LogP contribution in [-0.4, -0.2) is 35.6 Å². The molecule has 1 rings (SSSR count). The molecule has 0 aromatic heterocycles. The van der Waals surface area contributed by atoms with Crippen molar-refractivity contribution < 1.29 is 9.90 Å². The van der Waals surface area contributed by atoms with Crippen LogP contribution < -0.4 is 5.73 Å². The van der Waals surface area contributed by atoms with Crippen LogP contribution in [0.1, 0.15) is 23.7 Å². The van der Waals surface area contributed by atoms with Gasteiger partial charge in [-0.15, -0.1) is 0 Å². The number of aliphatic hydroxyl groups is 1. The lowest BCUT2D eigenvalue weighted by molar-refractivity contribution is 0.0754. The number of rotatable bonds is 5. The van der Waals surface area contributed by atoms with Crippen molar-refractivity contribution in [3.8, 4) is 0 Å². The normalized spacial score (nSPS) is 10.4. The summed E-state index contributed by atoms with van der Waals surface area (Å²) in [5.74, 6) is -0.172. The van der Waals surface area contributed by atoms with E-state index in [4.69, 9.17) is 34.0 Å². The third kappa shape index (κ3) is 3.51. The minimum atomic E-state index is -0.172. The number of aliphatic hydroxyl groups excluding tert-OH is 1. The van der Waals surface area contributed by atoms with E-state index >= 15 is 0 Å². The van der Waals surface area contributed by atoms with Gasteiger partial charge in [-0.25, -0.2) is 0 Å². The third-order valence-electron chi connectivity index (χ3n) is 2.58. The van der Waals surface area contributed by atoms with Crippen LogP contribution in [0.5, 0.6) is 0 Å². The minimum Gasteiger partial charge on any atom is -0.396 e. The molecule has 0 fully saturated rings. The van der Waals surface area contributed by atoms with Crippen LogP contribution in [0.2, 0.25) is 10.0 Å². The van der Waals surface area contributed by atoms with Gasteiger partial charge in [0.2, 0.25) is 0 Å². The van der Waals surface area contributed by atoms with Gasteiger partial charge >= 0.3 is 0 Å². The second-order valence-electron chi connectivity index (χ2n) is 3.82. The Morgan fingerprint density at radius 2 is 1.94 bits per heavy atom. The van der Waals surface area contributed by atoms with Crippen molar-refractivity contribution in [2.75, 3.05) is 25.4 Å². The summed E-state index contributed by atoms with van der Waals surface area (Å²) < 4.78 is 0. The van der Waals surface area contributed by atoms with E-state index in [9.17, 15) is 4.79 Å². The van der Waals surface area contributed by atoms with Crippen molar-refractivity contribution in [1.29, 1.82) is 0 Å². The number of nitrogens with two attached hydrogens (primary N) is 1. The largest absolute Gasteiger partial charge is 0.396 e. The zero-order valence-electron chi connectivity index (χ0n) is 10.1. The standard InChI is InChI=1S/C12H16Cl2N2O2/c1-2-16(4-3-5-17)12(18)8-6-9(13)11(15)10(14)7-8/h6-7,17H,2-5,15H2,1H3.